The van der Waals surface area contributed by atoms with E-state index in [0.29, 0.717) is 18.0 Å². The number of aromatic nitrogens is 1. The zero-order valence-corrected chi connectivity index (χ0v) is 12.9. The minimum absolute atomic E-state index is 0.608. The number of hydrogen-bond acceptors (Lipinski definition) is 4. The van der Waals surface area contributed by atoms with Gasteiger partial charge in [-0.15, -0.1) is 0 Å². The third-order valence-corrected chi connectivity index (χ3v) is 4.08. The van der Waals surface area contributed by atoms with Gasteiger partial charge in [-0.1, -0.05) is 26.3 Å². The Hall–Kier alpha value is -1.13. The summed E-state index contributed by atoms with van der Waals surface area (Å²) in [5.74, 6) is 0.704. The molecule has 2 atom stereocenters. The SMILES string of the molecule is CCCC1CN(Cc2cccc(OC)n2)C(CC)CN1. The van der Waals surface area contributed by atoms with Crippen LogP contribution in [0.4, 0.5) is 0 Å². The Bertz CT molecular complexity index is 410. The molecule has 4 heteroatoms. The van der Waals surface area contributed by atoms with E-state index >= 15 is 0 Å². The lowest BCUT2D eigenvalue weighted by Gasteiger charge is -2.40. The Morgan fingerprint density at radius 1 is 1.40 bits per heavy atom. The molecule has 0 aromatic carbocycles. The lowest BCUT2D eigenvalue weighted by Crippen LogP contribution is -2.55. The van der Waals surface area contributed by atoms with Crippen LogP contribution < -0.4 is 10.1 Å². The van der Waals surface area contributed by atoms with Crippen molar-refractivity contribution in [1.82, 2.24) is 15.2 Å². The highest BCUT2D eigenvalue weighted by molar-refractivity contribution is 5.15. The third-order valence-electron chi connectivity index (χ3n) is 4.08. The van der Waals surface area contributed by atoms with E-state index in [2.05, 4.69) is 35.1 Å². The molecule has 1 saturated heterocycles. The van der Waals surface area contributed by atoms with Gasteiger partial charge in [0.15, 0.2) is 0 Å². The van der Waals surface area contributed by atoms with E-state index in [0.717, 1.165) is 25.3 Å². The van der Waals surface area contributed by atoms with Gasteiger partial charge in [0.05, 0.1) is 12.8 Å². The highest BCUT2D eigenvalue weighted by Gasteiger charge is 2.26. The van der Waals surface area contributed by atoms with E-state index in [4.69, 9.17) is 4.74 Å². The minimum Gasteiger partial charge on any atom is -0.481 e. The smallest absolute Gasteiger partial charge is 0.213 e. The topological polar surface area (TPSA) is 37.4 Å². The normalized spacial score (nSPS) is 23.8. The summed E-state index contributed by atoms with van der Waals surface area (Å²) < 4.78 is 5.21. The predicted molar refractivity (Wildman–Crippen MR) is 82.0 cm³/mol. The fraction of sp³-hybridized carbons (Fsp3) is 0.688. The average molecular weight is 277 g/mol. The van der Waals surface area contributed by atoms with Gasteiger partial charge in [0.1, 0.15) is 0 Å². The first-order valence-corrected chi connectivity index (χ1v) is 7.74. The number of piperazine rings is 1. The number of hydrogen-bond donors (Lipinski definition) is 1. The van der Waals surface area contributed by atoms with Crippen molar-refractivity contribution in [2.24, 2.45) is 0 Å². The summed E-state index contributed by atoms with van der Waals surface area (Å²) in [4.78, 5) is 7.11. The molecule has 0 saturated carbocycles. The molecule has 1 aromatic rings. The van der Waals surface area contributed by atoms with Crippen LogP contribution in [-0.2, 0) is 6.54 Å². The molecule has 0 aliphatic carbocycles. The van der Waals surface area contributed by atoms with Gasteiger partial charge in [-0.05, 0) is 18.9 Å². The van der Waals surface area contributed by atoms with Crippen LogP contribution in [-0.4, -0.2) is 42.2 Å². The molecule has 112 valence electrons. The summed E-state index contributed by atoms with van der Waals surface area (Å²) in [5, 5.41) is 3.67. The van der Waals surface area contributed by atoms with Gasteiger partial charge < -0.3 is 10.1 Å². The molecular weight excluding hydrogens is 250 g/mol. The molecule has 0 bridgehead atoms. The second kappa shape index (κ2) is 7.60. The first kappa shape index (κ1) is 15.3. The average Bonchev–Trinajstić information content (AvgIpc) is 2.48. The molecule has 1 aliphatic heterocycles. The zero-order chi connectivity index (χ0) is 14.4. The molecule has 1 fully saturated rings. The van der Waals surface area contributed by atoms with Crippen molar-refractivity contribution in [3.63, 3.8) is 0 Å². The summed E-state index contributed by atoms with van der Waals surface area (Å²) in [6.45, 7) is 7.63. The molecule has 4 nitrogen and oxygen atoms in total. The molecule has 1 aromatic heterocycles. The molecule has 0 spiro atoms. The summed E-state index contributed by atoms with van der Waals surface area (Å²) in [6, 6.07) is 7.24. The van der Waals surface area contributed by atoms with Crippen LogP contribution >= 0.6 is 0 Å². The number of ether oxygens (including phenoxy) is 1. The molecule has 2 heterocycles. The van der Waals surface area contributed by atoms with E-state index < -0.39 is 0 Å². The Kier molecular flexibility index (Phi) is 5.80. The second-order valence-corrected chi connectivity index (χ2v) is 5.56. The van der Waals surface area contributed by atoms with Crippen LogP contribution in [0.15, 0.2) is 18.2 Å². The van der Waals surface area contributed by atoms with E-state index in [-0.39, 0.29) is 0 Å². The fourth-order valence-corrected chi connectivity index (χ4v) is 2.93. The van der Waals surface area contributed by atoms with E-state index in [1.165, 1.54) is 19.3 Å². The van der Waals surface area contributed by atoms with Crippen LogP contribution in [0.2, 0.25) is 0 Å². The molecule has 20 heavy (non-hydrogen) atoms. The van der Waals surface area contributed by atoms with Crippen LogP contribution in [0.1, 0.15) is 38.8 Å². The van der Waals surface area contributed by atoms with Crippen LogP contribution in [0.3, 0.4) is 0 Å². The maximum absolute atomic E-state index is 5.21. The Morgan fingerprint density at radius 2 is 2.25 bits per heavy atom. The monoisotopic (exact) mass is 277 g/mol. The predicted octanol–water partition coefficient (Wildman–Crippen LogP) is 2.44. The maximum atomic E-state index is 5.21. The molecule has 1 N–H and O–H groups in total. The maximum Gasteiger partial charge on any atom is 0.213 e. The number of methoxy groups -OCH3 is 1. The van der Waals surface area contributed by atoms with Crippen molar-refractivity contribution in [1.29, 1.82) is 0 Å². The van der Waals surface area contributed by atoms with E-state index in [1.54, 1.807) is 7.11 Å². The zero-order valence-electron chi connectivity index (χ0n) is 12.9. The molecule has 2 unspecified atom stereocenters. The fourth-order valence-electron chi connectivity index (χ4n) is 2.93. The highest BCUT2D eigenvalue weighted by atomic mass is 16.5. The summed E-state index contributed by atoms with van der Waals surface area (Å²) in [6.07, 6.45) is 3.66. The second-order valence-electron chi connectivity index (χ2n) is 5.56. The summed E-state index contributed by atoms with van der Waals surface area (Å²) in [5.41, 5.74) is 1.10. The van der Waals surface area contributed by atoms with Gasteiger partial charge in [-0.2, -0.15) is 0 Å². The van der Waals surface area contributed by atoms with E-state index in [9.17, 15) is 0 Å². The van der Waals surface area contributed by atoms with Crippen LogP contribution in [0.5, 0.6) is 5.88 Å². The number of rotatable bonds is 6. The summed E-state index contributed by atoms with van der Waals surface area (Å²) >= 11 is 0. The van der Waals surface area contributed by atoms with Crippen molar-refractivity contribution in [2.75, 3.05) is 20.2 Å². The van der Waals surface area contributed by atoms with Crippen LogP contribution in [0.25, 0.3) is 0 Å². The number of pyridine rings is 1. The van der Waals surface area contributed by atoms with Gasteiger partial charge in [0.2, 0.25) is 5.88 Å². The number of nitrogens with one attached hydrogen (secondary N) is 1. The van der Waals surface area contributed by atoms with Gasteiger partial charge in [0.25, 0.3) is 0 Å². The Morgan fingerprint density at radius 3 is 2.95 bits per heavy atom. The minimum atomic E-state index is 0.608. The third kappa shape index (κ3) is 3.93. The molecular formula is C16H27N3O. The van der Waals surface area contributed by atoms with Crippen molar-refractivity contribution in [3.05, 3.63) is 23.9 Å². The van der Waals surface area contributed by atoms with E-state index in [1.807, 2.05) is 12.1 Å². The summed E-state index contributed by atoms with van der Waals surface area (Å²) in [7, 11) is 1.67. The van der Waals surface area contributed by atoms with Crippen molar-refractivity contribution in [3.8, 4) is 5.88 Å². The first-order valence-electron chi connectivity index (χ1n) is 7.74. The van der Waals surface area contributed by atoms with Crippen LogP contribution in [0, 0.1) is 0 Å². The Balaban J connectivity index is 2.02. The van der Waals surface area contributed by atoms with Gasteiger partial charge in [0, 0.05) is 37.8 Å². The van der Waals surface area contributed by atoms with Crippen molar-refractivity contribution in [2.45, 2.75) is 51.7 Å². The Labute approximate surface area is 122 Å². The first-order chi connectivity index (χ1) is 9.76. The quantitative estimate of drug-likeness (QED) is 0.866. The molecule has 2 rings (SSSR count). The molecule has 1 aliphatic rings. The van der Waals surface area contributed by atoms with Crippen molar-refractivity contribution < 1.29 is 4.74 Å². The van der Waals surface area contributed by atoms with Gasteiger partial charge in [-0.3, -0.25) is 4.90 Å². The van der Waals surface area contributed by atoms with Gasteiger partial charge in [-0.25, -0.2) is 4.98 Å². The highest BCUT2D eigenvalue weighted by Crippen LogP contribution is 2.17. The lowest BCUT2D eigenvalue weighted by molar-refractivity contribution is 0.114. The van der Waals surface area contributed by atoms with Crippen molar-refractivity contribution >= 4 is 0 Å². The molecule has 0 radical (unpaired) electrons. The lowest BCUT2D eigenvalue weighted by atomic mass is 10.0. The largest absolute Gasteiger partial charge is 0.481 e. The number of nitrogens with zero attached hydrogens (tertiary/aromatic N) is 2. The standard InChI is InChI=1S/C16H27N3O/c1-4-7-13-11-19(15(5-2)10-17-13)12-14-8-6-9-16(18-14)20-3/h6,8-9,13,15,17H,4-5,7,10-12H2,1-3H3. The molecule has 0 amide bonds. The van der Waals surface area contributed by atoms with Gasteiger partial charge >= 0.3 is 0 Å².